The van der Waals surface area contributed by atoms with Crippen LogP contribution in [0.2, 0.25) is 0 Å². The van der Waals surface area contributed by atoms with Crippen LogP contribution in [0.4, 0.5) is 65.9 Å². The molecular weight excluding hydrogens is 501 g/mol. The number of carboxylic acids is 1. The molecule has 0 aliphatic carbocycles. The minimum absolute atomic E-state index is 0.369. The normalized spacial score (nSPS) is 16.8. The summed E-state index contributed by atoms with van der Waals surface area (Å²) in [5.41, 5.74) is -9.09. The van der Waals surface area contributed by atoms with Crippen LogP contribution >= 0.6 is 0 Å². The Morgan fingerprint density at radius 1 is 0.750 bits per heavy atom. The van der Waals surface area contributed by atoms with Crippen LogP contribution in [0.15, 0.2) is 11.6 Å². The van der Waals surface area contributed by atoms with E-state index >= 15 is 0 Å². The molecule has 1 atom stereocenters. The third kappa shape index (κ3) is 4.73. The van der Waals surface area contributed by atoms with Crippen LogP contribution < -0.4 is 0 Å². The fourth-order valence-corrected chi connectivity index (χ4v) is 2.07. The van der Waals surface area contributed by atoms with Crippen LogP contribution in [0.1, 0.15) is 19.8 Å². The van der Waals surface area contributed by atoms with Crippen LogP contribution in [0.5, 0.6) is 0 Å². The summed E-state index contributed by atoms with van der Waals surface area (Å²) in [4.78, 5) is 10.4. The van der Waals surface area contributed by atoms with Crippen molar-refractivity contribution >= 4 is 5.97 Å². The molecule has 18 heteroatoms. The minimum atomic E-state index is -8.52. The first-order valence-corrected chi connectivity index (χ1v) is 7.64. The smallest absolute Gasteiger partial charge is 0.438 e. The van der Waals surface area contributed by atoms with E-state index in [0.29, 0.717) is 6.08 Å². The van der Waals surface area contributed by atoms with Gasteiger partial charge < -0.3 is 10.2 Å². The van der Waals surface area contributed by atoms with Gasteiger partial charge in [0.15, 0.2) is 0 Å². The molecule has 2 N–H and O–H groups in total. The van der Waals surface area contributed by atoms with Crippen LogP contribution in [-0.4, -0.2) is 64.0 Å². The van der Waals surface area contributed by atoms with Gasteiger partial charge in [0.1, 0.15) is 0 Å². The molecule has 0 spiro atoms. The number of aliphatic carboxylic acids is 1. The van der Waals surface area contributed by atoms with Crippen LogP contribution in [-0.2, 0) is 4.79 Å². The van der Waals surface area contributed by atoms with Gasteiger partial charge in [-0.15, -0.1) is 0 Å². The van der Waals surface area contributed by atoms with Crippen molar-refractivity contribution < 1.29 is 80.9 Å². The van der Waals surface area contributed by atoms with Crippen molar-refractivity contribution in [2.24, 2.45) is 0 Å². The summed E-state index contributed by atoms with van der Waals surface area (Å²) in [7, 11) is 0. The standard InChI is InChI=1S/C14H11F15O3/c1-5(7(31)32)2-3-6(30)4-8(15,16)10(18,19)12(22,23)11(20,21)9(17,13(24,25)26)14(27,28)29/h2,6,30H,3-4H2,1H3,(H,31,32)/b5-2+. The molecule has 0 aliphatic heterocycles. The second kappa shape index (κ2) is 8.48. The van der Waals surface area contributed by atoms with Gasteiger partial charge in [-0.05, 0) is 13.3 Å². The molecule has 0 bridgehead atoms. The maximum atomic E-state index is 13.6. The van der Waals surface area contributed by atoms with E-state index in [2.05, 4.69) is 0 Å². The Balaban J connectivity index is 6.36. The van der Waals surface area contributed by atoms with E-state index in [9.17, 15) is 70.7 Å². The minimum Gasteiger partial charge on any atom is -0.478 e. The number of aliphatic hydroxyl groups is 1. The lowest BCUT2D eigenvalue weighted by Crippen LogP contribution is -2.75. The topological polar surface area (TPSA) is 57.5 Å². The first-order chi connectivity index (χ1) is 13.7. The highest BCUT2D eigenvalue weighted by Gasteiger charge is 2.95. The Hall–Kier alpha value is -1.88. The van der Waals surface area contributed by atoms with E-state index in [-0.39, 0.29) is 0 Å². The molecule has 0 fully saturated rings. The molecule has 0 rings (SSSR count). The first kappa shape index (κ1) is 30.1. The van der Waals surface area contributed by atoms with Crippen molar-refractivity contribution in [1.29, 1.82) is 0 Å². The van der Waals surface area contributed by atoms with Crippen molar-refractivity contribution in [3.63, 3.8) is 0 Å². The number of aliphatic hydroxyl groups excluding tert-OH is 1. The summed E-state index contributed by atoms with van der Waals surface area (Å²) in [6, 6.07) is 0. The van der Waals surface area contributed by atoms with E-state index in [1.165, 1.54) is 0 Å². The zero-order valence-electron chi connectivity index (χ0n) is 15.0. The number of carboxylic acid groups (broad SMARTS) is 1. The average Bonchev–Trinajstić information content (AvgIpc) is 2.55. The van der Waals surface area contributed by atoms with Crippen molar-refractivity contribution in [2.45, 2.75) is 67.6 Å². The molecule has 0 amide bonds. The summed E-state index contributed by atoms with van der Waals surface area (Å²) < 4.78 is 196. The Kier molecular flexibility index (Phi) is 7.98. The number of carbonyl (C=O) groups is 1. The Bertz CT molecular complexity index is 706. The third-order valence-electron chi connectivity index (χ3n) is 3.99. The van der Waals surface area contributed by atoms with Gasteiger partial charge in [0.05, 0.1) is 6.10 Å². The zero-order chi connectivity index (χ0) is 26.4. The van der Waals surface area contributed by atoms with Gasteiger partial charge in [0, 0.05) is 12.0 Å². The molecule has 0 aliphatic rings. The molecule has 3 nitrogen and oxygen atoms in total. The lowest BCUT2D eigenvalue weighted by Gasteiger charge is -2.43. The second-order valence-electron chi connectivity index (χ2n) is 6.37. The molecule has 1 unspecified atom stereocenters. The number of rotatable bonds is 9. The van der Waals surface area contributed by atoms with Crippen LogP contribution in [0.3, 0.4) is 0 Å². The molecule has 0 aromatic rings. The summed E-state index contributed by atoms with van der Waals surface area (Å²) in [6.45, 7) is 0.769. The van der Waals surface area contributed by atoms with Crippen molar-refractivity contribution in [1.82, 2.24) is 0 Å². The molecule has 0 radical (unpaired) electrons. The largest absolute Gasteiger partial charge is 0.478 e. The lowest BCUT2D eigenvalue weighted by molar-refractivity contribution is -0.457. The summed E-state index contributed by atoms with van der Waals surface area (Å²) in [6.07, 6.45) is -22.9. The summed E-state index contributed by atoms with van der Waals surface area (Å²) in [5.74, 6) is -33.0. The highest BCUT2D eigenvalue weighted by molar-refractivity contribution is 5.85. The van der Waals surface area contributed by atoms with Crippen molar-refractivity contribution in [3.8, 4) is 0 Å². The Morgan fingerprint density at radius 3 is 1.44 bits per heavy atom. The number of hydrogen-bond donors (Lipinski definition) is 2. The van der Waals surface area contributed by atoms with Gasteiger partial charge in [0.2, 0.25) is 0 Å². The molecule has 0 saturated heterocycles. The predicted octanol–water partition coefficient (Wildman–Crippen LogP) is 5.53. The Morgan fingerprint density at radius 2 is 1.12 bits per heavy atom. The van der Waals surface area contributed by atoms with E-state index in [4.69, 9.17) is 10.2 Å². The van der Waals surface area contributed by atoms with Gasteiger partial charge >= 0.3 is 47.7 Å². The summed E-state index contributed by atoms with van der Waals surface area (Å²) in [5, 5.41) is 17.6. The second-order valence-corrected chi connectivity index (χ2v) is 6.37. The predicted molar refractivity (Wildman–Crippen MR) is 72.4 cm³/mol. The lowest BCUT2D eigenvalue weighted by atomic mass is 9.84. The molecule has 0 aromatic carbocycles. The highest BCUT2D eigenvalue weighted by Crippen LogP contribution is 2.64. The van der Waals surface area contributed by atoms with Gasteiger partial charge in [0.25, 0.3) is 0 Å². The molecule has 0 heterocycles. The molecule has 32 heavy (non-hydrogen) atoms. The van der Waals surface area contributed by atoms with E-state index < -0.39 is 72.2 Å². The number of hydrogen-bond acceptors (Lipinski definition) is 2. The highest BCUT2D eigenvalue weighted by atomic mass is 19.4. The van der Waals surface area contributed by atoms with Gasteiger partial charge in [-0.1, -0.05) is 6.08 Å². The van der Waals surface area contributed by atoms with Crippen molar-refractivity contribution in [3.05, 3.63) is 11.6 Å². The van der Waals surface area contributed by atoms with Crippen molar-refractivity contribution in [2.75, 3.05) is 0 Å². The SMILES string of the molecule is C/C(=C\CC(O)CC(F)(F)C(F)(F)C(F)(F)C(F)(F)C(F)(C(F)(F)F)C(F)(F)F)C(=O)O. The van der Waals surface area contributed by atoms with Gasteiger partial charge in [-0.25, -0.2) is 9.18 Å². The number of halogens is 15. The summed E-state index contributed by atoms with van der Waals surface area (Å²) >= 11 is 0. The Labute approximate surface area is 167 Å². The third-order valence-corrected chi connectivity index (χ3v) is 3.99. The van der Waals surface area contributed by atoms with E-state index in [0.717, 1.165) is 6.92 Å². The number of alkyl halides is 15. The zero-order valence-corrected chi connectivity index (χ0v) is 15.0. The van der Waals surface area contributed by atoms with Crippen LogP contribution in [0.25, 0.3) is 0 Å². The van der Waals surface area contributed by atoms with E-state index in [1.807, 2.05) is 0 Å². The van der Waals surface area contributed by atoms with Gasteiger partial charge in [-0.3, -0.25) is 0 Å². The average molecular weight is 512 g/mol. The first-order valence-electron chi connectivity index (χ1n) is 7.64. The van der Waals surface area contributed by atoms with Gasteiger partial charge in [-0.2, -0.15) is 61.5 Å². The van der Waals surface area contributed by atoms with Crippen LogP contribution in [0, 0.1) is 0 Å². The quantitative estimate of drug-likeness (QED) is 0.316. The fourth-order valence-electron chi connectivity index (χ4n) is 2.07. The monoisotopic (exact) mass is 512 g/mol. The molecule has 190 valence electrons. The molecular formula is C14H11F15O3. The maximum Gasteiger partial charge on any atom is 0.438 e. The molecule has 0 aromatic heterocycles. The van der Waals surface area contributed by atoms with E-state index in [1.54, 1.807) is 0 Å². The molecule has 0 saturated carbocycles. The maximum absolute atomic E-state index is 13.6. The fraction of sp³-hybridized carbons (Fsp3) is 0.786.